The van der Waals surface area contributed by atoms with Crippen molar-refractivity contribution in [2.24, 2.45) is 7.05 Å². The Labute approximate surface area is 104 Å². The lowest BCUT2D eigenvalue weighted by molar-refractivity contribution is -0.111. The van der Waals surface area contributed by atoms with E-state index in [-0.39, 0.29) is 11.7 Å². The molecule has 2 rings (SSSR count). The van der Waals surface area contributed by atoms with Crippen LogP contribution >= 0.6 is 0 Å². The average Bonchev–Trinajstić information content (AvgIpc) is 2.72. The van der Waals surface area contributed by atoms with Gasteiger partial charge in [-0.1, -0.05) is 12.1 Å². The number of hydrogen-bond acceptors (Lipinski definition) is 2. The van der Waals surface area contributed by atoms with Gasteiger partial charge in [0.2, 0.25) is 5.91 Å². The topological polar surface area (TPSA) is 46.9 Å². The molecule has 0 aliphatic carbocycles. The van der Waals surface area contributed by atoms with Gasteiger partial charge in [0, 0.05) is 25.4 Å². The van der Waals surface area contributed by atoms with Crippen LogP contribution in [0.1, 0.15) is 5.56 Å². The Morgan fingerprint density at radius 3 is 2.94 bits per heavy atom. The first kappa shape index (κ1) is 12.0. The number of hydrogen-bond donors (Lipinski definition) is 1. The number of carbonyl (C=O) groups is 1. The maximum atomic E-state index is 12.9. The Kier molecular flexibility index (Phi) is 3.52. The molecule has 5 heteroatoms. The first-order valence-corrected chi connectivity index (χ1v) is 5.38. The Hall–Kier alpha value is -2.43. The summed E-state index contributed by atoms with van der Waals surface area (Å²) in [7, 11) is 1.76. The zero-order chi connectivity index (χ0) is 13.0. The van der Waals surface area contributed by atoms with Crippen LogP contribution in [0.2, 0.25) is 0 Å². The zero-order valence-electron chi connectivity index (χ0n) is 9.80. The van der Waals surface area contributed by atoms with Gasteiger partial charge in [-0.05, 0) is 23.8 Å². The van der Waals surface area contributed by atoms with Crippen molar-refractivity contribution in [3.05, 3.63) is 54.0 Å². The lowest BCUT2D eigenvalue weighted by atomic mass is 10.2. The SMILES string of the molecule is Cn1ccc(NC(=O)/C=C/c2cccc(F)c2)n1. The summed E-state index contributed by atoms with van der Waals surface area (Å²) in [6.07, 6.45) is 4.61. The highest BCUT2D eigenvalue weighted by Gasteiger charge is 2.00. The molecule has 1 amide bonds. The predicted octanol–water partition coefficient (Wildman–Crippen LogP) is 2.21. The van der Waals surface area contributed by atoms with Crippen molar-refractivity contribution in [2.75, 3.05) is 5.32 Å². The van der Waals surface area contributed by atoms with Crippen LogP contribution in [-0.4, -0.2) is 15.7 Å². The van der Waals surface area contributed by atoms with Crippen molar-refractivity contribution < 1.29 is 9.18 Å². The largest absolute Gasteiger partial charge is 0.306 e. The second-order valence-corrected chi connectivity index (χ2v) is 3.75. The highest BCUT2D eigenvalue weighted by Crippen LogP contribution is 2.06. The Morgan fingerprint density at radius 1 is 1.44 bits per heavy atom. The molecule has 4 nitrogen and oxygen atoms in total. The van der Waals surface area contributed by atoms with Crippen molar-refractivity contribution in [1.29, 1.82) is 0 Å². The summed E-state index contributed by atoms with van der Waals surface area (Å²) in [5.41, 5.74) is 0.631. The van der Waals surface area contributed by atoms with Gasteiger partial charge in [0.15, 0.2) is 5.82 Å². The molecule has 1 aromatic heterocycles. The molecule has 0 saturated heterocycles. The van der Waals surface area contributed by atoms with Crippen molar-refractivity contribution in [3.8, 4) is 0 Å². The summed E-state index contributed by atoms with van der Waals surface area (Å²) in [6, 6.07) is 7.70. The van der Waals surface area contributed by atoms with E-state index in [4.69, 9.17) is 0 Å². The molecule has 1 N–H and O–H groups in total. The molecule has 0 bridgehead atoms. The smallest absolute Gasteiger partial charge is 0.249 e. The van der Waals surface area contributed by atoms with Crippen LogP contribution in [-0.2, 0) is 11.8 Å². The van der Waals surface area contributed by atoms with E-state index in [0.29, 0.717) is 11.4 Å². The number of nitrogens with zero attached hydrogens (tertiary/aromatic N) is 2. The molecule has 0 saturated carbocycles. The van der Waals surface area contributed by atoms with E-state index in [2.05, 4.69) is 10.4 Å². The van der Waals surface area contributed by atoms with E-state index in [1.165, 1.54) is 18.2 Å². The van der Waals surface area contributed by atoms with E-state index in [9.17, 15) is 9.18 Å². The number of nitrogens with one attached hydrogen (secondary N) is 1. The first-order chi connectivity index (χ1) is 8.63. The number of aryl methyl sites for hydroxylation is 1. The molecule has 92 valence electrons. The quantitative estimate of drug-likeness (QED) is 0.843. The van der Waals surface area contributed by atoms with Crippen LogP contribution in [0.3, 0.4) is 0 Å². The first-order valence-electron chi connectivity index (χ1n) is 5.38. The molecule has 18 heavy (non-hydrogen) atoms. The van der Waals surface area contributed by atoms with Crippen molar-refractivity contribution in [2.45, 2.75) is 0 Å². The summed E-state index contributed by atoms with van der Waals surface area (Å²) in [4.78, 5) is 11.5. The second-order valence-electron chi connectivity index (χ2n) is 3.75. The Bertz CT molecular complexity index is 589. The lowest BCUT2D eigenvalue weighted by Crippen LogP contribution is -2.08. The molecular weight excluding hydrogens is 233 g/mol. The maximum Gasteiger partial charge on any atom is 0.249 e. The number of amides is 1. The number of halogens is 1. The van der Waals surface area contributed by atoms with Crippen LogP contribution < -0.4 is 5.32 Å². The summed E-state index contributed by atoms with van der Waals surface area (Å²) < 4.78 is 14.5. The number of carbonyl (C=O) groups excluding carboxylic acids is 1. The molecular formula is C13H12FN3O. The number of benzene rings is 1. The van der Waals surface area contributed by atoms with Gasteiger partial charge in [-0.25, -0.2) is 4.39 Å². The van der Waals surface area contributed by atoms with Crippen molar-refractivity contribution in [3.63, 3.8) is 0 Å². The van der Waals surface area contributed by atoms with Gasteiger partial charge in [-0.15, -0.1) is 0 Å². The zero-order valence-corrected chi connectivity index (χ0v) is 9.80. The van der Waals surface area contributed by atoms with Gasteiger partial charge in [0.25, 0.3) is 0 Å². The third kappa shape index (κ3) is 3.28. The van der Waals surface area contributed by atoms with Crippen LogP contribution in [0.15, 0.2) is 42.6 Å². The molecule has 0 aliphatic rings. The standard InChI is InChI=1S/C13H12FN3O/c1-17-8-7-12(16-17)15-13(18)6-5-10-3-2-4-11(14)9-10/h2-9H,1H3,(H,15,16,18)/b6-5+. The lowest BCUT2D eigenvalue weighted by Gasteiger charge is -1.96. The van der Waals surface area contributed by atoms with E-state index in [1.807, 2.05) is 0 Å². The monoisotopic (exact) mass is 245 g/mol. The summed E-state index contributed by atoms with van der Waals surface area (Å²) in [5, 5.41) is 6.61. The fraction of sp³-hybridized carbons (Fsp3) is 0.0769. The average molecular weight is 245 g/mol. The minimum absolute atomic E-state index is 0.307. The molecule has 0 radical (unpaired) electrons. The second kappa shape index (κ2) is 5.27. The predicted molar refractivity (Wildman–Crippen MR) is 67.3 cm³/mol. The Morgan fingerprint density at radius 2 is 2.28 bits per heavy atom. The van der Waals surface area contributed by atoms with Gasteiger partial charge in [0.1, 0.15) is 5.82 Å². The van der Waals surface area contributed by atoms with Crippen molar-refractivity contribution in [1.82, 2.24) is 9.78 Å². The van der Waals surface area contributed by atoms with Crippen LogP contribution in [0.5, 0.6) is 0 Å². The third-order valence-corrected chi connectivity index (χ3v) is 2.24. The normalized spacial score (nSPS) is 10.8. The Balaban J connectivity index is 1.99. The summed E-state index contributed by atoms with van der Waals surface area (Å²) >= 11 is 0. The van der Waals surface area contributed by atoms with Gasteiger partial charge < -0.3 is 5.32 Å². The molecule has 2 aromatic rings. The fourth-order valence-corrected chi connectivity index (χ4v) is 1.43. The molecule has 0 fully saturated rings. The van der Waals surface area contributed by atoms with E-state index >= 15 is 0 Å². The van der Waals surface area contributed by atoms with Crippen LogP contribution in [0.4, 0.5) is 10.2 Å². The molecule has 0 aliphatic heterocycles. The number of rotatable bonds is 3. The number of anilines is 1. The molecule has 1 aromatic carbocycles. The van der Waals surface area contributed by atoms with Gasteiger partial charge in [-0.3, -0.25) is 9.48 Å². The van der Waals surface area contributed by atoms with Crippen LogP contribution in [0, 0.1) is 5.82 Å². The van der Waals surface area contributed by atoms with Crippen LogP contribution in [0.25, 0.3) is 6.08 Å². The summed E-state index contributed by atoms with van der Waals surface area (Å²) in [6.45, 7) is 0. The third-order valence-electron chi connectivity index (χ3n) is 2.24. The van der Waals surface area contributed by atoms with E-state index in [0.717, 1.165) is 0 Å². The van der Waals surface area contributed by atoms with Gasteiger partial charge in [0.05, 0.1) is 0 Å². The maximum absolute atomic E-state index is 12.9. The molecule has 0 unspecified atom stereocenters. The minimum Gasteiger partial charge on any atom is -0.306 e. The van der Waals surface area contributed by atoms with Crippen molar-refractivity contribution >= 4 is 17.8 Å². The molecule has 0 atom stereocenters. The number of aromatic nitrogens is 2. The highest BCUT2D eigenvalue weighted by molar-refractivity contribution is 6.01. The van der Waals surface area contributed by atoms with Gasteiger partial charge in [-0.2, -0.15) is 5.10 Å². The summed E-state index contributed by atoms with van der Waals surface area (Å²) in [5.74, 6) is -0.161. The highest BCUT2D eigenvalue weighted by atomic mass is 19.1. The van der Waals surface area contributed by atoms with Gasteiger partial charge >= 0.3 is 0 Å². The molecule has 0 spiro atoms. The molecule has 1 heterocycles. The fourth-order valence-electron chi connectivity index (χ4n) is 1.43. The minimum atomic E-state index is -0.331. The van der Waals surface area contributed by atoms with E-state index < -0.39 is 0 Å². The van der Waals surface area contributed by atoms with E-state index in [1.54, 1.807) is 42.2 Å².